The molecule has 0 saturated carbocycles. The summed E-state index contributed by atoms with van der Waals surface area (Å²) in [6, 6.07) is 2.89. The molecular weight excluding hydrogens is 147 g/mol. The molecule has 0 spiro atoms. The Bertz CT molecular complexity index is 275. The minimum atomic E-state index is -0.604. The summed E-state index contributed by atoms with van der Waals surface area (Å²) < 4.78 is 17.6. The fraction of sp³-hybridized carbons (Fsp3) is 0.143. The van der Waals surface area contributed by atoms with Crippen molar-refractivity contribution in [1.29, 1.82) is 0 Å². The van der Waals surface area contributed by atoms with Crippen LogP contribution in [0, 0.1) is 5.82 Å². The smallest absolute Gasteiger partial charge is 0.190 e. The molecule has 1 rings (SSSR count). The molecule has 0 radical (unpaired) electrons. The first-order chi connectivity index (χ1) is 5.16. The summed E-state index contributed by atoms with van der Waals surface area (Å²) >= 11 is 0. The maximum atomic E-state index is 12.9. The first kappa shape index (κ1) is 7.65. The number of hydrogen-bond donors (Lipinski definition) is 2. The van der Waals surface area contributed by atoms with Crippen molar-refractivity contribution < 1.29 is 9.13 Å². The zero-order chi connectivity index (χ0) is 8.43. The highest BCUT2D eigenvalue weighted by Gasteiger charge is 2.08. The summed E-state index contributed by atoms with van der Waals surface area (Å²) in [6.45, 7) is 0. The van der Waals surface area contributed by atoms with Gasteiger partial charge < -0.3 is 16.2 Å². The number of nitrogens with two attached hydrogens (primary N) is 2. The van der Waals surface area contributed by atoms with Gasteiger partial charge in [-0.05, 0) is 12.1 Å². The molecule has 1 aromatic rings. The number of hydrogen-bond acceptors (Lipinski definition) is 3. The number of nitrogen functional groups attached to an aromatic ring is 2. The van der Waals surface area contributed by atoms with Crippen molar-refractivity contribution in [2.75, 3.05) is 18.6 Å². The van der Waals surface area contributed by atoms with E-state index in [9.17, 15) is 4.39 Å². The largest absolute Gasteiger partial charge is 0.492 e. The van der Waals surface area contributed by atoms with E-state index in [0.29, 0.717) is 0 Å². The third-order valence-corrected chi connectivity index (χ3v) is 1.36. The summed E-state index contributed by atoms with van der Waals surface area (Å²) in [5, 5.41) is 0. The normalized spacial score (nSPS) is 9.64. The molecule has 0 fully saturated rings. The summed E-state index contributed by atoms with van der Waals surface area (Å²) in [6.07, 6.45) is 0. The molecule has 11 heavy (non-hydrogen) atoms. The van der Waals surface area contributed by atoms with Crippen LogP contribution in [0.2, 0.25) is 0 Å². The minimum Gasteiger partial charge on any atom is -0.492 e. The molecule has 4 heteroatoms. The first-order valence-corrected chi connectivity index (χ1v) is 3.04. The SMILES string of the molecule is COc1c(N)ccc(N)c1F. The van der Waals surface area contributed by atoms with Gasteiger partial charge in [-0.2, -0.15) is 0 Å². The Hall–Kier alpha value is -1.45. The number of halogens is 1. The lowest BCUT2D eigenvalue weighted by molar-refractivity contribution is 0.390. The standard InChI is InChI=1S/C7H9FN2O/c1-11-7-5(10)3-2-4(9)6(7)8/h2-3H,9-10H2,1H3. The van der Waals surface area contributed by atoms with Crippen LogP contribution in [0.1, 0.15) is 0 Å². The predicted molar refractivity (Wildman–Crippen MR) is 41.8 cm³/mol. The highest BCUT2D eigenvalue weighted by molar-refractivity contribution is 5.60. The van der Waals surface area contributed by atoms with Crippen molar-refractivity contribution in [3.63, 3.8) is 0 Å². The van der Waals surface area contributed by atoms with Crippen LogP contribution in [0.5, 0.6) is 5.75 Å². The Morgan fingerprint density at radius 3 is 2.27 bits per heavy atom. The van der Waals surface area contributed by atoms with Crippen LogP contribution in [-0.2, 0) is 0 Å². The van der Waals surface area contributed by atoms with Crippen molar-refractivity contribution in [2.45, 2.75) is 0 Å². The van der Waals surface area contributed by atoms with Gasteiger partial charge >= 0.3 is 0 Å². The van der Waals surface area contributed by atoms with Crippen LogP contribution in [0.4, 0.5) is 15.8 Å². The van der Waals surface area contributed by atoms with Crippen LogP contribution in [0.25, 0.3) is 0 Å². The maximum Gasteiger partial charge on any atom is 0.190 e. The van der Waals surface area contributed by atoms with Gasteiger partial charge in [0.2, 0.25) is 0 Å². The minimum absolute atomic E-state index is 0.00463. The molecule has 0 unspecified atom stereocenters. The highest BCUT2D eigenvalue weighted by Crippen LogP contribution is 2.28. The molecule has 0 heterocycles. The monoisotopic (exact) mass is 156 g/mol. The lowest BCUT2D eigenvalue weighted by atomic mass is 10.2. The van der Waals surface area contributed by atoms with Crippen molar-refractivity contribution >= 4 is 11.4 Å². The Morgan fingerprint density at radius 2 is 1.82 bits per heavy atom. The number of ether oxygens (including phenoxy) is 1. The lowest BCUT2D eigenvalue weighted by Gasteiger charge is -2.06. The summed E-state index contributed by atoms with van der Waals surface area (Å²) in [4.78, 5) is 0. The second-order valence-corrected chi connectivity index (χ2v) is 2.09. The van der Waals surface area contributed by atoms with Gasteiger partial charge in [-0.3, -0.25) is 0 Å². The van der Waals surface area contributed by atoms with Gasteiger partial charge in [0.05, 0.1) is 18.5 Å². The molecule has 0 bridgehead atoms. The lowest BCUT2D eigenvalue weighted by Crippen LogP contribution is -1.99. The molecule has 0 aliphatic carbocycles. The van der Waals surface area contributed by atoms with Crippen LogP contribution in [0.3, 0.4) is 0 Å². The molecule has 0 aliphatic heterocycles. The van der Waals surface area contributed by atoms with E-state index in [4.69, 9.17) is 11.5 Å². The molecule has 1 aromatic carbocycles. The number of methoxy groups -OCH3 is 1. The van der Waals surface area contributed by atoms with Crippen LogP contribution in [0.15, 0.2) is 12.1 Å². The van der Waals surface area contributed by atoms with E-state index < -0.39 is 5.82 Å². The second-order valence-electron chi connectivity index (χ2n) is 2.09. The third-order valence-electron chi connectivity index (χ3n) is 1.36. The van der Waals surface area contributed by atoms with E-state index in [-0.39, 0.29) is 17.1 Å². The van der Waals surface area contributed by atoms with Crippen molar-refractivity contribution in [2.24, 2.45) is 0 Å². The predicted octanol–water partition coefficient (Wildman–Crippen LogP) is 0.999. The van der Waals surface area contributed by atoms with Crippen molar-refractivity contribution in [1.82, 2.24) is 0 Å². The Labute approximate surface area is 63.8 Å². The van der Waals surface area contributed by atoms with Crippen LogP contribution in [-0.4, -0.2) is 7.11 Å². The second kappa shape index (κ2) is 2.65. The number of anilines is 2. The van der Waals surface area contributed by atoms with Gasteiger partial charge in [-0.15, -0.1) is 0 Å². The zero-order valence-corrected chi connectivity index (χ0v) is 6.10. The molecule has 0 aromatic heterocycles. The number of benzene rings is 1. The molecule has 0 aliphatic rings. The summed E-state index contributed by atoms with van der Waals surface area (Å²) in [5.41, 5.74) is 10.9. The quantitative estimate of drug-likeness (QED) is 0.596. The zero-order valence-electron chi connectivity index (χ0n) is 6.10. The van der Waals surface area contributed by atoms with E-state index in [2.05, 4.69) is 4.74 Å². The average Bonchev–Trinajstić information content (AvgIpc) is 1.99. The van der Waals surface area contributed by atoms with E-state index in [0.717, 1.165) is 0 Å². The first-order valence-electron chi connectivity index (χ1n) is 3.04. The Kier molecular flexibility index (Phi) is 1.85. The fourth-order valence-electron chi connectivity index (χ4n) is 0.794. The fourth-order valence-corrected chi connectivity index (χ4v) is 0.794. The molecule has 0 amide bonds. The van der Waals surface area contributed by atoms with Gasteiger partial charge in [-0.1, -0.05) is 0 Å². The molecule has 3 nitrogen and oxygen atoms in total. The van der Waals surface area contributed by atoms with Gasteiger partial charge in [0.15, 0.2) is 11.6 Å². The van der Waals surface area contributed by atoms with E-state index in [1.807, 2.05) is 0 Å². The van der Waals surface area contributed by atoms with Gasteiger partial charge in [0.25, 0.3) is 0 Å². The average molecular weight is 156 g/mol. The topological polar surface area (TPSA) is 61.3 Å². The van der Waals surface area contributed by atoms with Crippen LogP contribution < -0.4 is 16.2 Å². The molecule has 0 saturated heterocycles. The Morgan fingerprint density at radius 1 is 1.27 bits per heavy atom. The van der Waals surface area contributed by atoms with E-state index in [1.165, 1.54) is 19.2 Å². The van der Waals surface area contributed by atoms with Gasteiger partial charge in [-0.25, -0.2) is 4.39 Å². The van der Waals surface area contributed by atoms with Crippen LogP contribution >= 0.6 is 0 Å². The van der Waals surface area contributed by atoms with Crippen molar-refractivity contribution in [3.8, 4) is 5.75 Å². The van der Waals surface area contributed by atoms with Crippen molar-refractivity contribution in [3.05, 3.63) is 17.9 Å². The number of rotatable bonds is 1. The Balaban J connectivity index is 3.29. The maximum absolute atomic E-state index is 12.9. The van der Waals surface area contributed by atoms with Gasteiger partial charge in [0.1, 0.15) is 0 Å². The van der Waals surface area contributed by atoms with E-state index >= 15 is 0 Å². The third kappa shape index (κ3) is 1.19. The summed E-state index contributed by atoms with van der Waals surface area (Å²) in [7, 11) is 1.34. The molecule has 60 valence electrons. The molecule has 4 N–H and O–H groups in total. The van der Waals surface area contributed by atoms with E-state index in [1.54, 1.807) is 0 Å². The summed E-state index contributed by atoms with van der Waals surface area (Å²) in [5.74, 6) is -0.600. The van der Waals surface area contributed by atoms with Gasteiger partial charge in [0, 0.05) is 0 Å². The molecular formula is C7H9FN2O. The highest BCUT2D eigenvalue weighted by atomic mass is 19.1. The molecule has 0 atom stereocenters.